The monoisotopic (exact) mass is 481 g/mol. The van der Waals surface area contributed by atoms with Gasteiger partial charge in [0.25, 0.3) is 5.91 Å². The summed E-state index contributed by atoms with van der Waals surface area (Å²) in [4.78, 5) is 26.3. The van der Waals surface area contributed by atoms with Gasteiger partial charge >= 0.3 is 0 Å². The van der Waals surface area contributed by atoms with Crippen molar-refractivity contribution >= 4 is 38.9 Å². The molecule has 1 fully saturated rings. The number of amides is 2. The summed E-state index contributed by atoms with van der Waals surface area (Å²) in [7, 11) is -3.69. The Morgan fingerprint density at radius 2 is 1.71 bits per heavy atom. The SMILES string of the molecule is CS(=O)(=O)N(Cc1ccccc1F)c1ccc(C(=O)Nc2ccc(N3CCCC3=O)cc2)cc1. The maximum atomic E-state index is 14.1. The van der Waals surface area contributed by atoms with Gasteiger partial charge in [-0.15, -0.1) is 0 Å². The predicted octanol–water partition coefficient (Wildman–Crippen LogP) is 4.17. The number of anilines is 3. The van der Waals surface area contributed by atoms with Gasteiger partial charge in [0.15, 0.2) is 0 Å². The fourth-order valence-corrected chi connectivity index (χ4v) is 4.69. The first-order valence-electron chi connectivity index (χ1n) is 10.8. The summed E-state index contributed by atoms with van der Waals surface area (Å²) < 4.78 is 39.9. The molecule has 1 N–H and O–H groups in total. The second kappa shape index (κ2) is 9.64. The van der Waals surface area contributed by atoms with Crippen LogP contribution in [0.4, 0.5) is 21.5 Å². The molecule has 4 rings (SSSR count). The molecule has 3 aromatic carbocycles. The Morgan fingerprint density at radius 3 is 2.29 bits per heavy atom. The van der Waals surface area contributed by atoms with Crippen molar-refractivity contribution in [3.63, 3.8) is 0 Å². The molecule has 0 atom stereocenters. The van der Waals surface area contributed by atoms with E-state index in [2.05, 4.69) is 5.32 Å². The Morgan fingerprint density at radius 1 is 1.03 bits per heavy atom. The molecule has 0 bridgehead atoms. The zero-order chi connectivity index (χ0) is 24.3. The molecule has 0 saturated carbocycles. The largest absolute Gasteiger partial charge is 0.322 e. The van der Waals surface area contributed by atoms with Crippen LogP contribution in [-0.4, -0.2) is 33.0 Å². The van der Waals surface area contributed by atoms with E-state index in [1.165, 1.54) is 42.5 Å². The van der Waals surface area contributed by atoms with E-state index in [-0.39, 0.29) is 23.9 Å². The van der Waals surface area contributed by atoms with Crippen LogP contribution in [0.2, 0.25) is 0 Å². The van der Waals surface area contributed by atoms with Gasteiger partial charge < -0.3 is 10.2 Å². The van der Waals surface area contributed by atoms with Gasteiger partial charge in [-0.05, 0) is 61.0 Å². The number of nitrogens with zero attached hydrogens (tertiary/aromatic N) is 2. The normalized spacial score (nSPS) is 13.7. The summed E-state index contributed by atoms with van der Waals surface area (Å²) in [5.41, 5.74) is 2.26. The lowest BCUT2D eigenvalue weighted by atomic mass is 10.1. The Kier molecular flexibility index (Phi) is 6.65. The Hall–Kier alpha value is -3.72. The number of nitrogens with one attached hydrogen (secondary N) is 1. The molecule has 0 aromatic heterocycles. The van der Waals surface area contributed by atoms with E-state index < -0.39 is 15.8 Å². The van der Waals surface area contributed by atoms with Crippen LogP contribution in [0.3, 0.4) is 0 Å². The maximum absolute atomic E-state index is 14.1. The lowest BCUT2D eigenvalue weighted by molar-refractivity contribution is -0.117. The van der Waals surface area contributed by atoms with Crippen molar-refractivity contribution in [1.82, 2.24) is 0 Å². The minimum absolute atomic E-state index is 0.0926. The summed E-state index contributed by atoms with van der Waals surface area (Å²) in [6.07, 6.45) is 2.43. The molecule has 9 heteroatoms. The fourth-order valence-electron chi connectivity index (χ4n) is 3.81. The van der Waals surface area contributed by atoms with Crippen molar-refractivity contribution in [3.05, 3.63) is 89.7 Å². The van der Waals surface area contributed by atoms with Crippen molar-refractivity contribution in [3.8, 4) is 0 Å². The van der Waals surface area contributed by atoms with E-state index in [0.29, 0.717) is 29.9 Å². The highest BCUT2D eigenvalue weighted by Gasteiger charge is 2.22. The summed E-state index contributed by atoms with van der Waals surface area (Å²) >= 11 is 0. The number of sulfonamides is 1. The minimum Gasteiger partial charge on any atom is -0.322 e. The number of halogens is 1. The van der Waals surface area contributed by atoms with E-state index in [1.54, 1.807) is 35.2 Å². The van der Waals surface area contributed by atoms with Gasteiger partial charge in [0.1, 0.15) is 5.82 Å². The molecule has 0 radical (unpaired) electrons. The second-order valence-corrected chi connectivity index (χ2v) is 9.96. The average Bonchev–Trinajstić information content (AvgIpc) is 3.24. The third kappa shape index (κ3) is 5.26. The Labute approximate surface area is 197 Å². The van der Waals surface area contributed by atoms with Gasteiger partial charge in [0.05, 0.1) is 18.5 Å². The molecule has 2 amide bonds. The van der Waals surface area contributed by atoms with Crippen molar-refractivity contribution in [1.29, 1.82) is 0 Å². The average molecular weight is 482 g/mol. The molecule has 3 aromatic rings. The quantitative estimate of drug-likeness (QED) is 0.549. The molecule has 1 heterocycles. The number of benzene rings is 3. The zero-order valence-corrected chi connectivity index (χ0v) is 19.4. The third-order valence-electron chi connectivity index (χ3n) is 5.60. The van der Waals surface area contributed by atoms with E-state index >= 15 is 0 Å². The summed E-state index contributed by atoms with van der Waals surface area (Å²) in [6, 6.07) is 19.1. The number of carbonyl (C=O) groups is 2. The van der Waals surface area contributed by atoms with E-state index in [1.807, 2.05) is 0 Å². The second-order valence-electron chi connectivity index (χ2n) is 8.06. The van der Waals surface area contributed by atoms with Gasteiger partial charge in [-0.25, -0.2) is 12.8 Å². The van der Waals surface area contributed by atoms with E-state index in [4.69, 9.17) is 0 Å². The van der Waals surface area contributed by atoms with Crippen LogP contribution >= 0.6 is 0 Å². The van der Waals surface area contributed by atoms with Crippen LogP contribution in [0.5, 0.6) is 0 Å². The first-order chi connectivity index (χ1) is 16.2. The number of hydrogen-bond acceptors (Lipinski definition) is 4. The lowest BCUT2D eigenvalue weighted by Crippen LogP contribution is -2.29. The molecule has 0 aliphatic carbocycles. The molecular formula is C25H24FN3O4S. The van der Waals surface area contributed by atoms with Crippen molar-refractivity contribution in [2.45, 2.75) is 19.4 Å². The molecule has 1 saturated heterocycles. The predicted molar refractivity (Wildman–Crippen MR) is 130 cm³/mol. The molecule has 7 nitrogen and oxygen atoms in total. The summed E-state index contributed by atoms with van der Waals surface area (Å²) in [5, 5.41) is 2.79. The highest BCUT2D eigenvalue weighted by molar-refractivity contribution is 7.92. The molecular weight excluding hydrogens is 457 g/mol. The highest BCUT2D eigenvalue weighted by Crippen LogP contribution is 2.25. The number of hydrogen-bond donors (Lipinski definition) is 1. The lowest BCUT2D eigenvalue weighted by Gasteiger charge is -2.23. The Bertz CT molecular complexity index is 1310. The van der Waals surface area contributed by atoms with E-state index in [9.17, 15) is 22.4 Å². The highest BCUT2D eigenvalue weighted by atomic mass is 32.2. The molecule has 1 aliphatic rings. The molecule has 176 valence electrons. The van der Waals surface area contributed by atoms with Crippen LogP contribution in [-0.2, 0) is 21.4 Å². The maximum Gasteiger partial charge on any atom is 0.255 e. The minimum atomic E-state index is -3.69. The summed E-state index contributed by atoms with van der Waals surface area (Å²) in [5.74, 6) is -0.765. The van der Waals surface area contributed by atoms with Gasteiger partial charge in [-0.1, -0.05) is 18.2 Å². The molecule has 0 unspecified atom stereocenters. The smallest absolute Gasteiger partial charge is 0.255 e. The molecule has 0 spiro atoms. The van der Waals surface area contributed by atoms with Crippen LogP contribution in [0.1, 0.15) is 28.8 Å². The summed E-state index contributed by atoms with van der Waals surface area (Å²) in [6.45, 7) is 0.529. The van der Waals surface area contributed by atoms with Crippen LogP contribution in [0, 0.1) is 5.82 Å². The van der Waals surface area contributed by atoms with E-state index in [0.717, 1.165) is 22.7 Å². The van der Waals surface area contributed by atoms with Crippen molar-refractivity contribution < 1.29 is 22.4 Å². The van der Waals surface area contributed by atoms with Gasteiger partial charge in [-0.3, -0.25) is 13.9 Å². The van der Waals surface area contributed by atoms with Crippen molar-refractivity contribution in [2.24, 2.45) is 0 Å². The molecule has 34 heavy (non-hydrogen) atoms. The van der Waals surface area contributed by atoms with Crippen LogP contribution in [0.15, 0.2) is 72.8 Å². The topological polar surface area (TPSA) is 86.8 Å². The van der Waals surface area contributed by atoms with Crippen LogP contribution in [0.25, 0.3) is 0 Å². The third-order valence-corrected chi connectivity index (χ3v) is 6.74. The van der Waals surface area contributed by atoms with Gasteiger partial charge in [0, 0.05) is 35.5 Å². The molecule has 1 aliphatic heterocycles. The van der Waals surface area contributed by atoms with Gasteiger partial charge in [-0.2, -0.15) is 0 Å². The zero-order valence-electron chi connectivity index (χ0n) is 18.6. The Balaban J connectivity index is 1.47. The number of carbonyl (C=O) groups excluding carboxylic acids is 2. The number of rotatable bonds is 7. The standard InChI is InChI=1S/C25H24FN3O4S/c1-34(32,33)29(17-19-5-2-3-6-23(19)26)22-12-8-18(9-13-22)25(31)27-20-10-14-21(15-11-20)28-16-4-7-24(28)30/h2-3,5-6,8-15H,4,7,16-17H2,1H3,(H,27,31). The van der Waals surface area contributed by atoms with Crippen molar-refractivity contribution in [2.75, 3.05) is 27.3 Å². The fraction of sp³-hybridized carbons (Fsp3) is 0.200. The first kappa shape index (κ1) is 23.4. The van der Waals surface area contributed by atoms with Crippen LogP contribution < -0.4 is 14.5 Å². The first-order valence-corrected chi connectivity index (χ1v) is 12.6. The van der Waals surface area contributed by atoms with Gasteiger partial charge in [0.2, 0.25) is 15.9 Å².